The summed E-state index contributed by atoms with van der Waals surface area (Å²) in [5.41, 5.74) is -1.75. The number of benzene rings is 1. The van der Waals surface area contributed by atoms with Crippen molar-refractivity contribution >= 4 is 29.1 Å². The van der Waals surface area contributed by atoms with Crippen LogP contribution in [0.4, 0.5) is 5.69 Å². The van der Waals surface area contributed by atoms with Crippen LogP contribution >= 0.6 is 0 Å². The highest BCUT2D eigenvalue weighted by Gasteiger charge is 2.66. The molecular weight excluding hydrogens is 334 g/mol. The van der Waals surface area contributed by atoms with E-state index in [1.165, 1.54) is 24.3 Å². The van der Waals surface area contributed by atoms with Gasteiger partial charge in [-0.25, -0.2) is 4.79 Å². The van der Waals surface area contributed by atoms with Gasteiger partial charge in [0.15, 0.2) is 0 Å². The van der Waals surface area contributed by atoms with Gasteiger partial charge in [-0.1, -0.05) is 41.5 Å². The molecule has 2 atom stereocenters. The molecule has 142 valence electrons. The number of amides is 1. The molecule has 0 aliphatic heterocycles. The maximum Gasteiger partial charge on any atom is 0.335 e. The molecule has 0 radical (unpaired) electrons. The van der Waals surface area contributed by atoms with Gasteiger partial charge in [0, 0.05) is 11.6 Å². The Kier molecular flexibility index (Phi) is 6.47. The summed E-state index contributed by atoms with van der Waals surface area (Å²) in [6, 6.07) is 5.66. The minimum absolute atomic E-state index is 0.0966. The van der Waals surface area contributed by atoms with Crippen LogP contribution in [-0.2, 0) is 14.4 Å². The lowest BCUT2D eigenvalue weighted by Crippen LogP contribution is -2.49. The largest absolute Gasteiger partial charge is 0.478 e. The second kappa shape index (κ2) is 7.81. The normalized spacial score (nSPS) is 23.8. The number of aromatic carboxylic acids is 1. The first-order chi connectivity index (χ1) is 12.1. The molecule has 6 heteroatoms. The van der Waals surface area contributed by atoms with E-state index in [9.17, 15) is 19.2 Å². The summed E-state index contributed by atoms with van der Waals surface area (Å²) in [6.07, 6.45) is 0.216. The number of carbonyl (C=O) groups is 4. The van der Waals surface area contributed by atoms with E-state index in [-0.39, 0.29) is 12.0 Å². The fourth-order valence-corrected chi connectivity index (χ4v) is 3.50. The first-order valence-electron chi connectivity index (χ1n) is 8.83. The van der Waals surface area contributed by atoms with E-state index in [1.54, 1.807) is 27.7 Å². The molecule has 1 aromatic carbocycles. The van der Waals surface area contributed by atoms with Crippen molar-refractivity contribution < 1.29 is 24.3 Å². The molecule has 1 saturated carbocycles. The van der Waals surface area contributed by atoms with Crippen molar-refractivity contribution in [1.82, 2.24) is 0 Å². The number of carbonyl (C=O) groups excluding carboxylic acids is 3. The number of rotatable bonds is 4. The second-order valence-electron chi connectivity index (χ2n) is 6.73. The lowest BCUT2D eigenvalue weighted by molar-refractivity contribution is -0.146. The number of ketones is 2. The predicted molar refractivity (Wildman–Crippen MR) is 99.1 cm³/mol. The van der Waals surface area contributed by atoms with Gasteiger partial charge >= 0.3 is 5.97 Å². The van der Waals surface area contributed by atoms with Gasteiger partial charge < -0.3 is 10.4 Å². The summed E-state index contributed by atoms with van der Waals surface area (Å²) in [6.45, 7) is 10.9. The monoisotopic (exact) mass is 361 g/mol. The highest BCUT2D eigenvalue weighted by atomic mass is 16.4. The molecule has 2 unspecified atom stereocenters. The average Bonchev–Trinajstić information content (AvgIpc) is 2.75. The maximum atomic E-state index is 12.9. The Balaban J connectivity index is 0.00000163. The number of carboxylic acid groups (broad SMARTS) is 1. The van der Waals surface area contributed by atoms with E-state index in [0.717, 1.165) is 0 Å². The number of Topliss-reactive ketones (excluding diaryl/α,β-unsaturated/α-hetero) is 2. The highest BCUT2D eigenvalue weighted by molar-refractivity contribution is 6.47. The van der Waals surface area contributed by atoms with Crippen LogP contribution in [0.25, 0.3) is 0 Å². The smallest absolute Gasteiger partial charge is 0.335 e. The van der Waals surface area contributed by atoms with Gasteiger partial charge in [-0.3, -0.25) is 14.4 Å². The zero-order valence-electron chi connectivity index (χ0n) is 16.2. The predicted octanol–water partition coefficient (Wildman–Crippen LogP) is 3.56. The zero-order valence-corrected chi connectivity index (χ0v) is 16.2. The third-order valence-corrected chi connectivity index (χ3v) is 5.49. The molecule has 1 aliphatic carbocycles. The van der Waals surface area contributed by atoms with E-state index < -0.39 is 40.2 Å². The Morgan fingerprint density at radius 2 is 1.62 bits per heavy atom. The molecule has 2 N–H and O–H groups in total. The van der Waals surface area contributed by atoms with E-state index in [0.29, 0.717) is 5.69 Å². The first kappa shape index (κ1) is 21.5. The van der Waals surface area contributed by atoms with Crippen LogP contribution in [0.1, 0.15) is 58.3 Å². The molecule has 6 nitrogen and oxygen atoms in total. The van der Waals surface area contributed by atoms with Crippen LogP contribution in [0, 0.1) is 16.7 Å². The Morgan fingerprint density at radius 3 is 1.96 bits per heavy atom. The van der Waals surface area contributed by atoms with Crippen molar-refractivity contribution in [1.29, 1.82) is 0 Å². The van der Waals surface area contributed by atoms with E-state index in [2.05, 4.69) is 5.32 Å². The summed E-state index contributed by atoms with van der Waals surface area (Å²) in [5, 5.41) is 11.6. The summed E-state index contributed by atoms with van der Waals surface area (Å²) in [5.74, 6) is -3.30. The third kappa shape index (κ3) is 3.16. The van der Waals surface area contributed by atoms with Crippen LogP contribution in [0.5, 0.6) is 0 Å². The van der Waals surface area contributed by atoms with Gasteiger partial charge in [0.25, 0.3) is 0 Å². The molecule has 1 amide bonds. The number of nitrogens with one attached hydrogen (secondary N) is 1. The lowest BCUT2D eigenvalue weighted by atomic mass is 9.62. The Morgan fingerprint density at radius 1 is 1.12 bits per heavy atom. The van der Waals surface area contributed by atoms with Crippen molar-refractivity contribution in [3.05, 3.63) is 29.8 Å². The van der Waals surface area contributed by atoms with Crippen molar-refractivity contribution in [3.63, 3.8) is 0 Å². The van der Waals surface area contributed by atoms with Gasteiger partial charge in [0.05, 0.1) is 5.56 Å². The minimum atomic E-state index is -1.42. The number of anilines is 1. The summed E-state index contributed by atoms with van der Waals surface area (Å²) in [7, 11) is 0. The van der Waals surface area contributed by atoms with Crippen molar-refractivity contribution in [2.24, 2.45) is 16.7 Å². The molecule has 26 heavy (non-hydrogen) atoms. The fraction of sp³-hybridized carbons (Fsp3) is 0.500. The Labute approximate surface area is 154 Å². The van der Waals surface area contributed by atoms with E-state index >= 15 is 0 Å². The van der Waals surface area contributed by atoms with Gasteiger partial charge in [0.1, 0.15) is 5.41 Å². The molecule has 0 spiro atoms. The second-order valence-corrected chi connectivity index (χ2v) is 6.73. The molecule has 0 saturated heterocycles. The molecule has 0 aromatic heterocycles. The summed E-state index contributed by atoms with van der Waals surface area (Å²) in [4.78, 5) is 48.5. The van der Waals surface area contributed by atoms with Gasteiger partial charge in [-0.2, -0.15) is 0 Å². The number of carboxylic acids is 1. The van der Waals surface area contributed by atoms with Crippen molar-refractivity contribution in [2.75, 3.05) is 5.32 Å². The van der Waals surface area contributed by atoms with Crippen LogP contribution in [0.3, 0.4) is 0 Å². The lowest BCUT2D eigenvalue weighted by Gasteiger charge is -2.39. The molecule has 1 fully saturated rings. The van der Waals surface area contributed by atoms with Crippen LogP contribution in [-0.4, -0.2) is 28.5 Å². The number of hydrogen-bond acceptors (Lipinski definition) is 4. The first-order valence-corrected chi connectivity index (χ1v) is 8.83. The maximum absolute atomic E-state index is 12.9. The minimum Gasteiger partial charge on any atom is -0.478 e. The summed E-state index contributed by atoms with van der Waals surface area (Å²) >= 11 is 0. The topological polar surface area (TPSA) is 101 Å². The third-order valence-electron chi connectivity index (χ3n) is 5.49. The van der Waals surface area contributed by atoms with Crippen LogP contribution in [0.15, 0.2) is 24.3 Å². The fourth-order valence-electron chi connectivity index (χ4n) is 3.50. The van der Waals surface area contributed by atoms with Crippen LogP contribution in [0.2, 0.25) is 0 Å². The Bertz CT molecular complexity index is 720. The van der Waals surface area contributed by atoms with Crippen molar-refractivity contribution in [3.8, 4) is 0 Å². The molecule has 1 aliphatic rings. The average molecular weight is 361 g/mol. The van der Waals surface area contributed by atoms with Gasteiger partial charge in [-0.15, -0.1) is 0 Å². The van der Waals surface area contributed by atoms with Gasteiger partial charge in [-0.05, 0) is 36.1 Å². The van der Waals surface area contributed by atoms with Crippen LogP contribution < -0.4 is 5.32 Å². The van der Waals surface area contributed by atoms with Gasteiger partial charge in [0.2, 0.25) is 17.5 Å². The van der Waals surface area contributed by atoms with E-state index in [1.807, 2.05) is 13.8 Å². The van der Waals surface area contributed by atoms with Crippen molar-refractivity contribution in [2.45, 2.75) is 48.0 Å². The molecule has 2 rings (SSSR count). The van der Waals surface area contributed by atoms with E-state index in [4.69, 9.17) is 5.11 Å². The quantitative estimate of drug-likeness (QED) is 0.631. The molecular formula is C20H27NO5. The molecule has 1 aromatic rings. The SMILES string of the molecule is CC.CCC1(C(=O)Nc2ccc(C(=O)O)cc2)C(=O)C(=O)C(C)C1(C)C. The molecule has 0 heterocycles. The summed E-state index contributed by atoms with van der Waals surface area (Å²) < 4.78 is 0. The standard InChI is InChI=1S/C18H21NO5.C2H6/c1-5-18(14(21)13(20)10(2)17(18,3)4)16(24)19-12-8-6-11(7-9-12)15(22)23;1-2/h6-10H,5H2,1-4H3,(H,19,24)(H,22,23);1-2H3. The Hall–Kier alpha value is -2.50. The molecule has 0 bridgehead atoms. The zero-order chi connectivity index (χ0) is 20.3. The highest BCUT2D eigenvalue weighted by Crippen LogP contribution is 2.54. The number of hydrogen-bond donors (Lipinski definition) is 2.